The summed E-state index contributed by atoms with van der Waals surface area (Å²) in [4.78, 5) is 10.9. The molecule has 0 spiro atoms. The molecule has 2 heterocycles. The van der Waals surface area contributed by atoms with Crippen LogP contribution in [0.3, 0.4) is 0 Å². The molecule has 10 heteroatoms. The molecule has 0 atom stereocenters. The van der Waals surface area contributed by atoms with Gasteiger partial charge in [0.15, 0.2) is 5.82 Å². The summed E-state index contributed by atoms with van der Waals surface area (Å²) in [6.07, 6.45) is -4.91. The maximum Gasteiger partial charge on any atom is 0.471 e. The molecule has 1 aromatic carbocycles. The number of rotatable bonds is 2. The molecule has 1 aliphatic heterocycles. The summed E-state index contributed by atoms with van der Waals surface area (Å²) in [6.45, 7) is 1.78. The van der Waals surface area contributed by atoms with Crippen LogP contribution in [-0.2, 0) is 4.79 Å². The number of nitrogens with zero attached hydrogens (tertiary/aromatic N) is 4. The van der Waals surface area contributed by atoms with E-state index in [1.807, 2.05) is 0 Å². The Balaban J connectivity index is 1.80. The second-order valence-electron chi connectivity index (χ2n) is 4.71. The van der Waals surface area contributed by atoms with E-state index in [1.165, 1.54) is 23.9 Å². The molecule has 0 radical (unpaired) electrons. The highest BCUT2D eigenvalue weighted by atomic mass is 32.2. The third kappa shape index (κ3) is 3.21. The van der Waals surface area contributed by atoms with Crippen molar-refractivity contribution < 1.29 is 18.0 Å². The highest BCUT2D eigenvalue weighted by Gasteiger charge is 2.38. The first kappa shape index (κ1) is 15.5. The summed E-state index contributed by atoms with van der Waals surface area (Å²) < 4.78 is 38.2. The fraction of sp³-hybridized carbons (Fsp3) is 0.231. The number of aryl methyl sites for hydroxylation is 1. The van der Waals surface area contributed by atoms with Crippen LogP contribution in [0.15, 0.2) is 34.5 Å². The van der Waals surface area contributed by atoms with E-state index in [0.29, 0.717) is 16.7 Å². The van der Waals surface area contributed by atoms with E-state index < -0.39 is 12.1 Å². The number of aromatic nitrogens is 3. The smallest absolute Gasteiger partial charge is 0.318 e. The Morgan fingerprint density at radius 3 is 2.61 bits per heavy atom. The molecule has 0 unspecified atom stereocenters. The number of thioether (sulfide) groups is 1. The second-order valence-corrected chi connectivity index (χ2v) is 5.65. The van der Waals surface area contributed by atoms with Crippen molar-refractivity contribution in [2.24, 2.45) is 5.10 Å². The number of nitrogens with one attached hydrogen (secondary N) is 1. The Morgan fingerprint density at radius 1 is 1.26 bits per heavy atom. The molecular weight excluding hydrogens is 331 g/mol. The first-order valence-corrected chi connectivity index (χ1v) is 7.44. The first-order valence-electron chi connectivity index (χ1n) is 6.46. The number of hydrogen-bond donors (Lipinski definition) is 1. The molecule has 23 heavy (non-hydrogen) atoms. The third-order valence-electron chi connectivity index (χ3n) is 3.06. The Hall–Kier alpha value is -2.36. The number of anilines is 1. The number of alkyl halides is 3. The van der Waals surface area contributed by atoms with Gasteiger partial charge in [-0.15, -0.1) is 10.2 Å². The van der Waals surface area contributed by atoms with Crippen LogP contribution in [0.2, 0.25) is 0 Å². The summed E-state index contributed by atoms with van der Waals surface area (Å²) in [6, 6.07) is 6.02. The van der Waals surface area contributed by atoms with Crippen LogP contribution in [0, 0.1) is 6.92 Å². The van der Waals surface area contributed by atoms with Crippen LogP contribution in [-0.4, -0.2) is 38.4 Å². The molecule has 2 aromatic rings. The van der Waals surface area contributed by atoms with Crippen LogP contribution in [0.25, 0.3) is 0 Å². The summed E-state index contributed by atoms with van der Waals surface area (Å²) in [7, 11) is 0. The van der Waals surface area contributed by atoms with Gasteiger partial charge in [0, 0.05) is 11.4 Å². The van der Waals surface area contributed by atoms with Gasteiger partial charge >= 0.3 is 12.1 Å². The van der Waals surface area contributed by atoms with E-state index in [-0.39, 0.29) is 5.69 Å². The molecule has 3 rings (SSSR count). The number of fused-ring (bicyclic) bond motifs is 1. The van der Waals surface area contributed by atoms with E-state index >= 15 is 0 Å². The van der Waals surface area contributed by atoms with Crippen molar-refractivity contribution in [1.82, 2.24) is 14.9 Å². The highest BCUT2D eigenvalue weighted by molar-refractivity contribution is 7.99. The lowest BCUT2D eigenvalue weighted by atomic mass is 10.1. The first-order chi connectivity index (χ1) is 10.8. The summed E-state index contributed by atoms with van der Waals surface area (Å²) in [5.74, 6) is -0.772. The molecule has 0 bridgehead atoms. The van der Waals surface area contributed by atoms with Gasteiger partial charge in [-0.2, -0.15) is 22.9 Å². The summed E-state index contributed by atoms with van der Waals surface area (Å²) in [5, 5.41) is 14.8. The molecule has 0 aliphatic carbocycles. The lowest BCUT2D eigenvalue weighted by Gasteiger charge is -2.13. The highest BCUT2D eigenvalue weighted by Crippen LogP contribution is 2.24. The van der Waals surface area contributed by atoms with Gasteiger partial charge in [0.2, 0.25) is 5.16 Å². The van der Waals surface area contributed by atoms with Crippen LogP contribution in [0.4, 0.5) is 18.9 Å². The SMILES string of the molecule is Cc1nnc2n1N=C(c1ccc(NC(=O)C(F)(F)F)cc1)CS2. The van der Waals surface area contributed by atoms with Crippen molar-refractivity contribution in [1.29, 1.82) is 0 Å². The number of carbonyl (C=O) groups excluding carboxylic acids is 1. The maximum atomic E-state index is 12.2. The van der Waals surface area contributed by atoms with Gasteiger partial charge in [-0.1, -0.05) is 23.9 Å². The number of hydrogen-bond acceptors (Lipinski definition) is 5. The van der Waals surface area contributed by atoms with Crippen molar-refractivity contribution in [3.63, 3.8) is 0 Å². The average molecular weight is 341 g/mol. The van der Waals surface area contributed by atoms with Gasteiger partial charge in [-0.05, 0) is 24.6 Å². The van der Waals surface area contributed by atoms with Gasteiger partial charge < -0.3 is 5.32 Å². The predicted octanol–water partition coefficient (Wildman–Crippen LogP) is 2.45. The van der Waals surface area contributed by atoms with E-state index in [4.69, 9.17) is 0 Å². The third-order valence-corrected chi connectivity index (χ3v) is 3.99. The van der Waals surface area contributed by atoms with Gasteiger partial charge in [-0.25, -0.2) is 0 Å². The fourth-order valence-corrected chi connectivity index (χ4v) is 2.80. The minimum absolute atomic E-state index is 0.0707. The number of halogens is 3. The zero-order valence-corrected chi connectivity index (χ0v) is 12.6. The Kier molecular flexibility index (Phi) is 3.84. The lowest BCUT2D eigenvalue weighted by molar-refractivity contribution is -0.167. The van der Waals surface area contributed by atoms with Crippen LogP contribution < -0.4 is 5.32 Å². The van der Waals surface area contributed by atoms with Crippen LogP contribution >= 0.6 is 11.8 Å². The molecule has 6 nitrogen and oxygen atoms in total. The topological polar surface area (TPSA) is 72.2 Å². The lowest BCUT2D eigenvalue weighted by Crippen LogP contribution is -2.29. The van der Waals surface area contributed by atoms with Crippen molar-refractivity contribution in [2.45, 2.75) is 18.3 Å². The molecule has 0 saturated carbocycles. The van der Waals surface area contributed by atoms with E-state index in [0.717, 1.165) is 11.3 Å². The van der Waals surface area contributed by atoms with E-state index in [2.05, 4.69) is 15.3 Å². The number of carbonyl (C=O) groups is 1. The fourth-order valence-electron chi connectivity index (χ4n) is 1.91. The van der Waals surface area contributed by atoms with Crippen molar-refractivity contribution in [3.8, 4) is 0 Å². The maximum absolute atomic E-state index is 12.2. The summed E-state index contributed by atoms with van der Waals surface area (Å²) >= 11 is 1.47. The number of benzene rings is 1. The standard InChI is InChI=1S/C13H10F3N5OS/c1-7-18-19-12-21(7)20-10(6-23-12)8-2-4-9(5-3-8)17-11(22)13(14,15)16/h2-5H,6H2,1H3,(H,17,22). The summed E-state index contributed by atoms with van der Waals surface area (Å²) in [5.41, 5.74) is 1.57. The zero-order chi connectivity index (χ0) is 16.6. The molecule has 0 fully saturated rings. The largest absolute Gasteiger partial charge is 0.471 e. The molecule has 120 valence electrons. The van der Waals surface area contributed by atoms with Crippen molar-refractivity contribution in [2.75, 3.05) is 11.1 Å². The van der Waals surface area contributed by atoms with E-state index in [9.17, 15) is 18.0 Å². The van der Waals surface area contributed by atoms with E-state index in [1.54, 1.807) is 29.0 Å². The van der Waals surface area contributed by atoms with Crippen LogP contribution in [0.5, 0.6) is 0 Å². The Morgan fingerprint density at radius 2 is 1.96 bits per heavy atom. The Bertz CT molecular complexity index is 782. The van der Waals surface area contributed by atoms with Gasteiger partial charge in [0.25, 0.3) is 0 Å². The molecule has 1 aliphatic rings. The average Bonchev–Trinajstić information content (AvgIpc) is 2.88. The predicted molar refractivity (Wildman–Crippen MR) is 78.5 cm³/mol. The molecular formula is C13H10F3N5OS. The van der Waals surface area contributed by atoms with Gasteiger partial charge in [0.05, 0.1) is 5.71 Å². The normalized spacial score (nSPS) is 14.2. The Labute approximate surface area is 132 Å². The van der Waals surface area contributed by atoms with Gasteiger partial charge in [0.1, 0.15) is 0 Å². The van der Waals surface area contributed by atoms with Gasteiger partial charge in [-0.3, -0.25) is 4.79 Å². The minimum atomic E-state index is -4.91. The molecule has 0 saturated heterocycles. The van der Waals surface area contributed by atoms with Crippen molar-refractivity contribution >= 4 is 29.1 Å². The quantitative estimate of drug-likeness (QED) is 0.911. The van der Waals surface area contributed by atoms with Crippen molar-refractivity contribution in [3.05, 3.63) is 35.7 Å². The number of amides is 1. The monoisotopic (exact) mass is 341 g/mol. The molecule has 1 aromatic heterocycles. The minimum Gasteiger partial charge on any atom is -0.318 e. The zero-order valence-electron chi connectivity index (χ0n) is 11.8. The molecule has 1 N–H and O–H groups in total. The van der Waals surface area contributed by atoms with Crippen LogP contribution in [0.1, 0.15) is 11.4 Å². The molecule has 1 amide bonds. The second kappa shape index (κ2) is 5.69.